The number of likely N-dealkylation sites (tertiary alicyclic amines) is 1. The minimum Gasteiger partial charge on any atom is -0.496 e. The van der Waals surface area contributed by atoms with Crippen LogP contribution in [0.15, 0.2) is 17.0 Å². The Morgan fingerprint density at radius 1 is 1.25 bits per heavy atom. The molecule has 2 rings (SSSR count). The van der Waals surface area contributed by atoms with Crippen molar-refractivity contribution in [1.29, 1.82) is 0 Å². The number of amides is 1. The van der Waals surface area contributed by atoms with Crippen molar-refractivity contribution >= 4 is 15.9 Å². The molecule has 0 saturated carbocycles. The number of rotatable bonds is 7. The SMILES string of the molecule is CCCN1C[C@H](NS(=O)(=O)c2cc(OC)c(C)cc2OC)CC1=O. The van der Waals surface area contributed by atoms with E-state index in [1.807, 2.05) is 13.8 Å². The molecule has 1 heterocycles. The smallest absolute Gasteiger partial charge is 0.244 e. The summed E-state index contributed by atoms with van der Waals surface area (Å²) in [5.74, 6) is 0.680. The van der Waals surface area contributed by atoms with Gasteiger partial charge in [-0.25, -0.2) is 13.1 Å². The van der Waals surface area contributed by atoms with E-state index >= 15 is 0 Å². The third-order valence-electron chi connectivity index (χ3n) is 4.00. The van der Waals surface area contributed by atoms with E-state index in [1.165, 1.54) is 20.3 Å². The van der Waals surface area contributed by atoms with Gasteiger partial charge in [0.2, 0.25) is 15.9 Å². The first-order valence-electron chi connectivity index (χ1n) is 7.85. The van der Waals surface area contributed by atoms with Crippen LogP contribution in [0.3, 0.4) is 0 Å². The second-order valence-electron chi connectivity index (χ2n) is 5.83. The van der Waals surface area contributed by atoms with Gasteiger partial charge in [-0.3, -0.25) is 4.79 Å². The topological polar surface area (TPSA) is 84.9 Å². The number of nitrogens with one attached hydrogen (secondary N) is 1. The van der Waals surface area contributed by atoms with Crippen LogP contribution in [0.1, 0.15) is 25.3 Å². The van der Waals surface area contributed by atoms with Crippen LogP contribution < -0.4 is 14.2 Å². The highest BCUT2D eigenvalue weighted by atomic mass is 32.2. The Morgan fingerprint density at radius 3 is 2.50 bits per heavy atom. The summed E-state index contributed by atoms with van der Waals surface area (Å²) >= 11 is 0. The van der Waals surface area contributed by atoms with Crippen LogP contribution in [-0.2, 0) is 14.8 Å². The van der Waals surface area contributed by atoms with Crippen molar-refractivity contribution in [3.8, 4) is 11.5 Å². The van der Waals surface area contributed by atoms with Crippen LogP contribution in [0, 0.1) is 6.92 Å². The molecule has 0 spiro atoms. The van der Waals surface area contributed by atoms with Gasteiger partial charge in [-0.05, 0) is 25.0 Å². The van der Waals surface area contributed by atoms with E-state index in [9.17, 15) is 13.2 Å². The average molecular weight is 356 g/mol. The molecule has 1 aromatic carbocycles. The van der Waals surface area contributed by atoms with Crippen LogP contribution in [0.25, 0.3) is 0 Å². The fraction of sp³-hybridized carbons (Fsp3) is 0.562. The van der Waals surface area contributed by atoms with Gasteiger partial charge in [-0.1, -0.05) is 6.92 Å². The summed E-state index contributed by atoms with van der Waals surface area (Å²) in [6, 6.07) is 2.62. The van der Waals surface area contributed by atoms with Crippen LogP contribution in [-0.4, -0.2) is 52.6 Å². The lowest BCUT2D eigenvalue weighted by Crippen LogP contribution is -2.37. The molecule has 134 valence electrons. The molecular weight excluding hydrogens is 332 g/mol. The zero-order valence-corrected chi connectivity index (χ0v) is 15.3. The van der Waals surface area contributed by atoms with Gasteiger partial charge in [0, 0.05) is 31.6 Å². The molecule has 7 nitrogen and oxygen atoms in total. The third kappa shape index (κ3) is 3.81. The molecule has 1 fully saturated rings. The Bertz CT molecular complexity index is 717. The lowest BCUT2D eigenvalue weighted by Gasteiger charge is -2.18. The van der Waals surface area contributed by atoms with Crippen molar-refractivity contribution in [1.82, 2.24) is 9.62 Å². The Balaban J connectivity index is 2.26. The van der Waals surface area contributed by atoms with E-state index in [2.05, 4.69) is 4.72 Å². The summed E-state index contributed by atoms with van der Waals surface area (Å²) in [6.07, 6.45) is 1.01. The van der Waals surface area contributed by atoms with E-state index in [0.717, 1.165) is 12.0 Å². The van der Waals surface area contributed by atoms with Crippen molar-refractivity contribution in [2.75, 3.05) is 27.3 Å². The molecular formula is C16H24N2O5S. The molecule has 0 unspecified atom stereocenters. The first-order valence-corrected chi connectivity index (χ1v) is 9.33. The fourth-order valence-electron chi connectivity index (χ4n) is 2.85. The van der Waals surface area contributed by atoms with Crippen LogP contribution >= 0.6 is 0 Å². The van der Waals surface area contributed by atoms with Crippen LogP contribution in [0.4, 0.5) is 0 Å². The minimum absolute atomic E-state index is 0.00819. The molecule has 1 amide bonds. The Labute approximate surface area is 143 Å². The Morgan fingerprint density at radius 2 is 1.92 bits per heavy atom. The zero-order chi connectivity index (χ0) is 17.9. The lowest BCUT2D eigenvalue weighted by molar-refractivity contribution is -0.127. The van der Waals surface area contributed by atoms with E-state index in [-0.39, 0.29) is 23.0 Å². The predicted molar refractivity (Wildman–Crippen MR) is 89.9 cm³/mol. The molecule has 0 aliphatic carbocycles. The monoisotopic (exact) mass is 356 g/mol. The molecule has 1 aromatic rings. The number of sulfonamides is 1. The van der Waals surface area contributed by atoms with Crippen molar-refractivity contribution in [3.63, 3.8) is 0 Å². The summed E-state index contributed by atoms with van der Waals surface area (Å²) < 4.78 is 38.5. The molecule has 0 radical (unpaired) electrons. The van der Waals surface area contributed by atoms with E-state index < -0.39 is 16.1 Å². The molecule has 1 aliphatic heterocycles. The number of hydrogen-bond donors (Lipinski definition) is 1. The van der Waals surface area contributed by atoms with Crippen molar-refractivity contribution in [2.45, 2.75) is 37.6 Å². The zero-order valence-electron chi connectivity index (χ0n) is 14.5. The van der Waals surface area contributed by atoms with Crippen molar-refractivity contribution in [2.24, 2.45) is 0 Å². The van der Waals surface area contributed by atoms with Gasteiger partial charge in [0.25, 0.3) is 0 Å². The standard InChI is InChI=1S/C16H24N2O5S/c1-5-6-18-10-12(8-16(18)19)17-24(20,21)15-9-13(22-3)11(2)7-14(15)23-4/h7,9,12,17H,5-6,8,10H2,1-4H3/t12-/m1/s1. The van der Waals surface area contributed by atoms with Gasteiger partial charge in [0.1, 0.15) is 16.4 Å². The summed E-state index contributed by atoms with van der Waals surface area (Å²) in [5, 5.41) is 0. The highest BCUT2D eigenvalue weighted by Crippen LogP contribution is 2.32. The molecule has 1 N–H and O–H groups in total. The van der Waals surface area contributed by atoms with E-state index in [1.54, 1.807) is 11.0 Å². The lowest BCUT2D eigenvalue weighted by atomic mass is 10.2. The number of benzene rings is 1. The number of nitrogens with zero attached hydrogens (tertiary/aromatic N) is 1. The van der Waals surface area contributed by atoms with Crippen LogP contribution in [0.5, 0.6) is 11.5 Å². The van der Waals surface area contributed by atoms with E-state index in [4.69, 9.17) is 9.47 Å². The molecule has 0 bridgehead atoms. The van der Waals surface area contributed by atoms with Crippen molar-refractivity contribution < 1.29 is 22.7 Å². The highest BCUT2D eigenvalue weighted by Gasteiger charge is 2.33. The third-order valence-corrected chi connectivity index (χ3v) is 5.54. The van der Waals surface area contributed by atoms with Gasteiger partial charge in [-0.2, -0.15) is 0 Å². The quantitative estimate of drug-likeness (QED) is 0.796. The number of methoxy groups -OCH3 is 2. The molecule has 24 heavy (non-hydrogen) atoms. The summed E-state index contributed by atoms with van der Waals surface area (Å²) in [5.41, 5.74) is 0.776. The predicted octanol–water partition coefficient (Wildman–Crippen LogP) is 1.30. The van der Waals surface area contributed by atoms with Gasteiger partial charge in [0.15, 0.2) is 0 Å². The van der Waals surface area contributed by atoms with Gasteiger partial charge in [0.05, 0.1) is 14.2 Å². The summed E-state index contributed by atoms with van der Waals surface area (Å²) in [6.45, 7) is 4.81. The first-order chi connectivity index (χ1) is 11.3. The largest absolute Gasteiger partial charge is 0.496 e. The highest BCUT2D eigenvalue weighted by molar-refractivity contribution is 7.89. The maximum absolute atomic E-state index is 12.7. The van der Waals surface area contributed by atoms with Crippen LogP contribution in [0.2, 0.25) is 0 Å². The number of hydrogen-bond acceptors (Lipinski definition) is 5. The fourth-order valence-corrected chi connectivity index (χ4v) is 4.25. The molecule has 0 aromatic heterocycles. The van der Waals surface area contributed by atoms with Gasteiger partial charge in [-0.15, -0.1) is 0 Å². The summed E-state index contributed by atoms with van der Waals surface area (Å²) in [4.78, 5) is 13.6. The van der Waals surface area contributed by atoms with Gasteiger partial charge >= 0.3 is 0 Å². The molecule has 1 atom stereocenters. The molecule has 1 aliphatic rings. The number of aryl methyl sites for hydroxylation is 1. The second-order valence-corrected chi connectivity index (χ2v) is 7.52. The maximum atomic E-state index is 12.7. The number of carbonyl (C=O) groups excluding carboxylic acids is 1. The first kappa shape index (κ1) is 18.5. The Kier molecular flexibility index (Phi) is 5.71. The Hall–Kier alpha value is -1.80. The summed E-state index contributed by atoms with van der Waals surface area (Å²) in [7, 11) is -0.929. The molecule has 1 saturated heterocycles. The normalized spacial score (nSPS) is 18.1. The molecule has 8 heteroatoms. The number of carbonyl (C=O) groups is 1. The minimum atomic E-state index is -3.83. The van der Waals surface area contributed by atoms with Crippen molar-refractivity contribution in [3.05, 3.63) is 17.7 Å². The van der Waals surface area contributed by atoms with Gasteiger partial charge < -0.3 is 14.4 Å². The van der Waals surface area contributed by atoms with E-state index in [0.29, 0.717) is 18.8 Å². The second kappa shape index (κ2) is 7.40. The number of ether oxygens (including phenoxy) is 2. The maximum Gasteiger partial charge on any atom is 0.244 e. The average Bonchev–Trinajstić information content (AvgIpc) is 2.85.